The molecule has 0 spiro atoms. The fourth-order valence-electron chi connectivity index (χ4n) is 1.09. The minimum atomic E-state index is -3.10. The lowest BCUT2D eigenvalue weighted by Crippen LogP contribution is -2.10. The summed E-state index contributed by atoms with van der Waals surface area (Å²) >= 11 is 1.21. The second-order valence-corrected chi connectivity index (χ2v) is 6.97. The van der Waals surface area contributed by atoms with Crippen LogP contribution in [0, 0.1) is 5.82 Å². The first-order chi connectivity index (χ1) is 7.87. The van der Waals surface area contributed by atoms with Crippen LogP contribution in [0.5, 0.6) is 0 Å². The third kappa shape index (κ3) is 6.43. The summed E-state index contributed by atoms with van der Waals surface area (Å²) in [6.07, 6.45) is 1.11. The first-order valence-corrected chi connectivity index (χ1v) is 7.99. The maximum absolute atomic E-state index is 12.8. The Labute approximate surface area is 104 Å². The lowest BCUT2D eigenvalue weighted by molar-refractivity contribution is -0.116. The van der Waals surface area contributed by atoms with Crippen molar-refractivity contribution in [2.24, 2.45) is 0 Å². The lowest BCUT2D eigenvalue weighted by Gasteiger charge is -2.01. The van der Waals surface area contributed by atoms with Crippen molar-refractivity contribution in [2.75, 3.05) is 17.8 Å². The summed E-state index contributed by atoms with van der Waals surface area (Å²) in [7, 11) is -3.10. The van der Waals surface area contributed by atoms with Crippen LogP contribution < -0.4 is 0 Å². The van der Waals surface area contributed by atoms with Crippen LogP contribution in [0.15, 0.2) is 29.2 Å². The highest BCUT2D eigenvalue weighted by molar-refractivity contribution is 8.00. The van der Waals surface area contributed by atoms with Gasteiger partial charge in [0.15, 0.2) is 0 Å². The topological polar surface area (TPSA) is 51.2 Å². The Kier molecular flexibility index (Phi) is 5.14. The van der Waals surface area contributed by atoms with Crippen LogP contribution in [0.3, 0.4) is 0 Å². The molecule has 0 N–H and O–H groups in total. The van der Waals surface area contributed by atoms with Crippen LogP contribution in [0.4, 0.5) is 4.39 Å². The normalized spacial score (nSPS) is 11.4. The maximum Gasteiger partial charge on any atom is 0.147 e. The summed E-state index contributed by atoms with van der Waals surface area (Å²) in [5.74, 6) is -0.461. The van der Waals surface area contributed by atoms with Gasteiger partial charge in [-0.1, -0.05) is 6.07 Å². The van der Waals surface area contributed by atoms with Crippen LogP contribution in [-0.4, -0.2) is 32.0 Å². The molecule has 1 aromatic carbocycles. The second-order valence-electron chi connectivity index (χ2n) is 3.66. The average molecular weight is 276 g/mol. The van der Waals surface area contributed by atoms with E-state index in [4.69, 9.17) is 0 Å². The molecule has 0 aliphatic rings. The summed E-state index contributed by atoms with van der Waals surface area (Å²) in [4.78, 5) is 12.0. The molecule has 0 aliphatic heterocycles. The van der Waals surface area contributed by atoms with Crippen molar-refractivity contribution in [3.05, 3.63) is 30.1 Å². The van der Waals surface area contributed by atoms with Gasteiger partial charge in [-0.15, -0.1) is 11.8 Å². The van der Waals surface area contributed by atoms with Gasteiger partial charge in [-0.2, -0.15) is 0 Å². The van der Waals surface area contributed by atoms with Gasteiger partial charge in [-0.3, -0.25) is 4.79 Å². The van der Waals surface area contributed by atoms with E-state index in [2.05, 4.69) is 0 Å². The molecule has 0 unspecified atom stereocenters. The van der Waals surface area contributed by atoms with Crippen molar-refractivity contribution in [3.8, 4) is 0 Å². The molecular weight excluding hydrogens is 263 g/mol. The van der Waals surface area contributed by atoms with Crippen molar-refractivity contribution < 1.29 is 17.6 Å². The molecule has 0 amide bonds. The van der Waals surface area contributed by atoms with Crippen LogP contribution in [0.2, 0.25) is 0 Å². The largest absolute Gasteiger partial charge is 0.299 e. The van der Waals surface area contributed by atoms with Crippen molar-refractivity contribution in [3.63, 3.8) is 0 Å². The number of halogens is 1. The molecule has 0 aromatic heterocycles. The molecule has 1 rings (SSSR count). The van der Waals surface area contributed by atoms with E-state index in [-0.39, 0.29) is 29.5 Å². The zero-order chi connectivity index (χ0) is 12.9. The number of carbonyl (C=O) groups excluding carboxylic acids is 1. The van der Waals surface area contributed by atoms with Crippen molar-refractivity contribution in [1.29, 1.82) is 0 Å². The Hall–Kier alpha value is -0.880. The Bertz CT molecular complexity index is 497. The molecule has 17 heavy (non-hydrogen) atoms. The Morgan fingerprint density at radius 2 is 2.12 bits per heavy atom. The van der Waals surface area contributed by atoms with E-state index in [1.165, 1.54) is 23.9 Å². The monoisotopic (exact) mass is 276 g/mol. The first-order valence-electron chi connectivity index (χ1n) is 4.94. The Balaban J connectivity index is 2.38. The highest BCUT2D eigenvalue weighted by Gasteiger charge is 2.08. The van der Waals surface area contributed by atoms with Crippen molar-refractivity contribution >= 4 is 27.4 Å². The van der Waals surface area contributed by atoms with Crippen molar-refractivity contribution in [2.45, 2.75) is 11.3 Å². The quantitative estimate of drug-likeness (QED) is 0.745. The van der Waals surface area contributed by atoms with E-state index in [1.54, 1.807) is 12.1 Å². The smallest absolute Gasteiger partial charge is 0.147 e. The SMILES string of the molecule is CS(=O)(=O)CCC(=O)CSc1cccc(F)c1. The molecule has 0 radical (unpaired) electrons. The number of sulfone groups is 1. The first kappa shape index (κ1) is 14.2. The maximum atomic E-state index is 12.8. The summed E-state index contributed by atoms with van der Waals surface area (Å²) in [5.41, 5.74) is 0. The average Bonchev–Trinajstić information content (AvgIpc) is 2.23. The van der Waals surface area contributed by atoms with Gasteiger partial charge >= 0.3 is 0 Å². The van der Waals surface area contributed by atoms with Gasteiger partial charge < -0.3 is 0 Å². The van der Waals surface area contributed by atoms with E-state index < -0.39 is 9.84 Å². The van der Waals surface area contributed by atoms with Crippen LogP contribution in [0.1, 0.15) is 6.42 Å². The molecule has 0 bridgehead atoms. The molecule has 0 saturated heterocycles. The van der Waals surface area contributed by atoms with Crippen LogP contribution >= 0.6 is 11.8 Å². The predicted octanol–water partition coefficient (Wildman–Crippen LogP) is 1.92. The molecule has 0 aliphatic carbocycles. The number of Topliss-reactive ketones (excluding diaryl/α,β-unsaturated/α-hetero) is 1. The minimum Gasteiger partial charge on any atom is -0.299 e. The number of benzene rings is 1. The van der Waals surface area contributed by atoms with Crippen LogP contribution in [-0.2, 0) is 14.6 Å². The number of ketones is 1. The molecule has 0 heterocycles. The third-order valence-corrected chi connectivity index (χ3v) is 3.95. The van der Waals surface area contributed by atoms with Crippen molar-refractivity contribution in [1.82, 2.24) is 0 Å². The van der Waals surface area contributed by atoms with Gasteiger partial charge in [-0.25, -0.2) is 12.8 Å². The highest BCUT2D eigenvalue weighted by atomic mass is 32.2. The second kappa shape index (κ2) is 6.16. The molecule has 0 saturated carbocycles. The van der Waals surface area contributed by atoms with Gasteiger partial charge in [0, 0.05) is 17.6 Å². The Morgan fingerprint density at radius 1 is 1.41 bits per heavy atom. The zero-order valence-corrected chi connectivity index (χ0v) is 11.0. The fourth-order valence-corrected chi connectivity index (χ4v) is 2.53. The number of hydrogen-bond acceptors (Lipinski definition) is 4. The third-order valence-electron chi connectivity index (χ3n) is 1.95. The van der Waals surface area contributed by atoms with Gasteiger partial charge in [0.2, 0.25) is 0 Å². The van der Waals surface area contributed by atoms with Gasteiger partial charge in [0.1, 0.15) is 21.4 Å². The molecule has 0 atom stereocenters. The zero-order valence-electron chi connectivity index (χ0n) is 9.35. The summed E-state index contributed by atoms with van der Waals surface area (Å²) in [6.45, 7) is 0. The minimum absolute atomic E-state index is 0.0150. The number of rotatable bonds is 6. The van der Waals surface area contributed by atoms with Crippen LogP contribution in [0.25, 0.3) is 0 Å². The van der Waals surface area contributed by atoms with E-state index in [0.717, 1.165) is 6.26 Å². The molecule has 0 fully saturated rings. The summed E-state index contributed by atoms with van der Waals surface area (Å²) < 4.78 is 34.5. The van der Waals surface area contributed by atoms with E-state index >= 15 is 0 Å². The molecule has 3 nitrogen and oxygen atoms in total. The van der Waals surface area contributed by atoms with E-state index in [1.807, 2.05) is 0 Å². The molecule has 1 aromatic rings. The molecular formula is C11H13FO3S2. The predicted molar refractivity (Wildman–Crippen MR) is 66.5 cm³/mol. The van der Waals surface area contributed by atoms with E-state index in [9.17, 15) is 17.6 Å². The van der Waals surface area contributed by atoms with Gasteiger partial charge in [0.05, 0.1) is 11.5 Å². The van der Waals surface area contributed by atoms with Gasteiger partial charge in [0.25, 0.3) is 0 Å². The molecule has 94 valence electrons. The fraction of sp³-hybridized carbons (Fsp3) is 0.364. The number of carbonyl (C=O) groups is 1. The summed E-state index contributed by atoms with van der Waals surface area (Å²) in [5, 5.41) is 0. The number of hydrogen-bond donors (Lipinski definition) is 0. The van der Waals surface area contributed by atoms with E-state index in [0.29, 0.717) is 4.90 Å². The lowest BCUT2D eigenvalue weighted by atomic mass is 10.3. The summed E-state index contributed by atoms with van der Waals surface area (Å²) in [6, 6.07) is 5.94. The highest BCUT2D eigenvalue weighted by Crippen LogP contribution is 2.18. The molecule has 6 heteroatoms. The number of thioether (sulfide) groups is 1. The Morgan fingerprint density at radius 3 is 2.71 bits per heavy atom. The van der Waals surface area contributed by atoms with Gasteiger partial charge in [-0.05, 0) is 18.2 Å². The standard InChI is InChI=1S/C11H13FO3S2/c1-17(14,15)6-5-10(13)8-16-11-4-2-3-9(12)7-11/h2-4,7H,5-6,8H2,1H3.